The fourth-order valence-corrected chi connectivity index (χ4v) is 6.24. The molecule has 0 aromatic carbocycles. The molecule has 0 saturated heterocycles. The molecule has 0 aliphatic heterocycles. The molecule has 9 heteroatoms. The van der Waals surface area contributed by atoms with E-state index in [9.17, 15) is 19.0 Å². The number of esters is 2. The lowest BCUT2D eigenvalue weighted by Gasteiger charge is -2.19. The summed E-state index contributed by atoms with van der Waals surface area (Å²) < 4.78 is 32.3. The van der Waals surface area contributed by atoms with Crippen LogP contribution in [0.2, 0.25) is 0 Å². The number of carbonyl (C=O) groups excluding carboxylic acids is 2. The second kappa shape index (κ2) is 35.6. The van der Waals surface area contributed by atoms with Crippen molar-refractivity contribution in [3.8, 4) is 0 Å². The molecule has 0 heterocycles. The minimum Gasteiger partial charge on any atom is -0.462 e. The third-order valence-corrected chi connectivity index (χ3v) is 9.52. The van der Waals surface area contributed by atoms with Crippen LogP contribution >= 0.6 is 7.82 Å². The van der Waals surface area contributed by atoms with Crippen molar-refractivity contribution in [1.29, 1.82) is 0 Å². The topological polar surface area (TPSA) is 108 Å². The summed E-state index contributed by atoms with van der Waals surface area (Å²) in [5.41, 5.74) is 0. The van der Waals surface area contributed by atoms with E-state index >= 15 is 0 Å². The molecule has 1 unspecified atom stereocenters. The van der Waals surface area contributed by atoms with E-state index in [-0.39, 0.29) is 32.0 Å². The van der Waals surface area contributed by atoms with Gasteiger partial charge in [0.2, 0.25) is 0 Å². The highest BCUT2D eigenvalue weighted by Crippen LogP contribution is 2.43. The Balaban J connectivity index is 4.12. The van der Waals surface area contributed by atoms with Gasteiger partial charge in [-0.15, -0.1) is 0 Å². The zero-order valence-electron chi connectivity index (χ0n) is 31.1. The summed E-state index contributed by atoms with van der Waals surface area (Å²) in [4.78, 5) is 34.5. The molecule has 0 aromatic heterocycles. The molecule has 0 aliphatic carbocycles. The molecule has 0 bridgehead atoms. The van der Waals surface area contributed by atoms with Gasteiger partial charge in [0.15, 0.2) is 6.10 Å². The third-order valence-electron chi connectivity index (χ3n) is 8.53. The number of rotatable bonds is 37. The van der Waals surface area contributed by atoms with Gasteiger partial charge in [-0.3, -0.25) is 18.6 Å². The van der Waals surface area contributed by atoms with Crippen molar-refractivity contribution in [1.82, 2.24) is 0 Å². The van der Waals surface area contributed by atoms with Gasteiger partial charge in [0.05, 0.1) is 13.2 Å². The predicted molar refractivity (Wildman–Crippen MR) is 198 cm³/mol. The molecule has 0 amide bonds. The van der Waals surface area contributed by atoms with Gasteiger partial charge in [-0.2, -0.15) is 0 Å². The van der Waals surface area contributed by atoms with Crippen molar-refractivity contribution in [2.45, 2.75) is 200 Å². The molecule has 2 atom stereocenters. The maximum Gasteiger partial charge on any atom is 0.472 e. The number of hydrogen-bond donors (Lipinski definition) is 1. The molecule has 0 saturated carbocycles. The van der Waals surface area contributed by atoms with E-state index in [1.807, 2.05) is 0 Å². The Morgan fingerprint density at radius 1 is 0.583 bits per heavy atom. The van der Waals surface area contributed by atoms with Crippen LogP contribution in [0, 0.1) is 6.92 Å². The van der Waals surface area contributed by atoms with Gasteiger partial charge in [-0.1, -0.05) is 154 Å². The molecule has 0 rings (SSSR count). The van der Waals surface area contributed by atoms with E-state index in [1.165, 1.54) is 109 Å². The van der Waals surface area contributed by atoms with E-state index in [2.05, 4.69) is 37.4 Å². The Morgan fingerprint density at radius 3 is 1.42 bits per heavy atom. The summed E-state index contributed by atoms with van der Waals surface area (Å²) in [6.07, 6.45) is 35.3. The average Bonchev–Trinajstić information content (AvgIpc) is 3.06. The maximum absolute atomic E-state index is 12.5. The lowest BCUT2D eigenvalue weighted by Crippen LogP contribution is -2.29. The Hall–Kier alpha value is -1.21. The first-order chi connectivity index (χ1) is 23.3. The molecule has 1 radical (unpaired) electrons. The number of phosphoric acid groups is 1. The van der Waals surface area contributed by atoms with Crippen LogP contribution in [0.1, 0.15) is 194 Å². The summed E-state index contributed by atoms with van der Waals surface area (Å²) in [7, 11) is -4.33. The average molecular weight is 702 g/mol. The van der Waals surface area contributed by atoms with Gasteiger partial charge in [-0.05, 0) is 45.4 Å². The first-order valence-electron chi connectivity index (χ1n) is 19.8. The minimum atomic E-state index is -4.33. The first-order valence-corrected chi connectivity index (χ1v) is 21.2. The van der Waals surface area contributed by atoms with E-state index in [0.717, 1.165) is 51.4 Å². The molecule has 0 spiro atoms. The highest BCUT2D eigenvalue weighted by molar-refractivity contribution is 7.47. The van der Waals surface area contributed by atoms with Crippen LogP contribution in [0.5, 0.6) is 0 Å². The molecule has 8 nitrogen and oxygen atoms in total. The van der Waals surface area contributed by atoms with Gasteiger partial charge < -0.3 is 14.4 Å². The van der Waals surface area contributed by atoms with Crippen LogP contribution in [-0.4, -0.2) is 42.8 Å². The van der Waals surface area contributed by atoms with E-state index in [4.69, 9.17) is 14.0 Å². The molecule has 283 valence electrons. The van der Waals surface area contributed by atoms with Gasteiger partial charge >= 0.3 is 19.8 Å². The Bertz CT molecular complexity index is 803. The summed E-state index contributed by atoms with van der Waals surface area (Å²) in [5.74, 6) is -0.822. The van der Waals surface area contributed by atoms with Crippen molar-refractivity contribution in [2.24, 2.45) is 0 Å². The highest BCUT2D eigenvalue weighted by atomic mass is 31.2. The third kappa shape index (κ3) is 34.6. The Morgan fingerprint density at radius 2 is 0.979 bits per heavy atom. The summed E-state index contributed by atoms with van der Waals surface area (Å²) in [6.45, 7) is 6.97. The fourth-order valence-electron chi connectivity index (χ4n) is 5.58. The minimum absolute atomic E-state index is 0.230. The highest BCUT2D eigenvalue weighted by Gasteiger charge is 2.25. The molecule has 48 heavy (non-hydrogen) atoms. The maximum atomic E-state index is 12.5. The van der Waals surface area contributed by atoms with Gasteiger partial charge in [0.25, 0.3) is 0 Å². The Kier molecular flexibility index (Phi) is 34.7. The van der Waals surface area contributed by atoms with Crippen molar-refractivity contribution in [3.05, 3.63) is 19.1 Å². The van der Waals surface area contributed by atoms with Gasteiger partial charge in [0.1, 0.15) is 6.61 Å². The SMILES string of the molecule is [CH2]COP(=O)(O)OC[C@@H](COC(=O)CCCCCCCCCCCCCCC)OC(=O)CCCCCCC/C=C\CCCCCCCC. The lowest BCUT2D eigenvalue weighted by molar-refractivity contribution is -0.161. The second-order valence-corrected chi connectivity index (χ2v) is 14.7. The summed E-state index contributed by atoms with van der Waals surface area (Å²) in [6, 6.07) is 0. The monoisotopic (exact) mass is 702 g/mol. The number of unbranched alkanes of at least 4 members (excludes halogenated alkanes) is 23. The van der Waals surface area contributed by atoms with E-state index in [0.29, 0.717) is 6.42 Å². The quantitative estimate of drug-likeness (QED) is 0.0295. The largest absolute Gasteiger partial charge is 0.472 e. The molecule has 0 aliphatic rings. The van der Waals surface area contributed by atoms with Crippen LogP contribution in [0.25, 0.3) is 0 Å². The van der Waals surface area contributed by atoms with E-state index < -0.39 is 26.5 Å². The zero-order valence-corrected chi connectivity index (χ0v) is 32.0. The smallest absolute Gasteiger partial charge is 0.462 e. The second-order valence-electron chi connectivity index (χ2n) is 13.2. The number of ether oxygens (including phenoxy) is 2. The first kappa shape index (κ1) is 46.8. The summed E-state index contributed by atoms with van der Waals surface area (Å²) in [5, 5.41) is 0. The van der Waals surface area contributed by atoms with Gasteiger partial charge in [0, 0.05) is 12.8 Å². The molecular weight excluding hydrogens is 627 g/mol. The molecule has 0 aromatic rings. The molecular formula is C39H74O8P. The number of carbonyl (C=O) groups is 2. The zero-order chi connectivity index (χ0) is 35.4. The fraction of sp³-hybridized carbons (Fsp3) is 0.872. The number of allylic oxidation sites excluding steroid dienone is 2. The van der Waals surface area contributed by atoms with Crippen LogP contribution in [-0.2, 0) is 32.7 Å². The number of hydrogen-bond acceptors (Lipinski definition) is 7. The standard InChI is InChI=1S/C39H74O8P/c1-4-7-9-11-13-15-17-19-20-22-24-26-28-30-32-34-39(41)47-37(36-46-48(42,43)45-6-3)35-44-38(40)33-31-29-27-25-23-21-18-16-14-12-10-8-5-2/h19-20,37H,3-18,21-36H2,1-2H3,(H,42,43)/b20-19-/t37-/m1/s1. The van der Waals surface area contributed by atoms with Crippen molar-refractivity contribution in [2.75, 3.05) is 19.8 Å². The Labute approximate surface area is 295 Å². The summed E-state index contributed by atoms with van der Waals surface area (Å²) >= 11 is 0. The van der Waals surface area contributed by atoms with Crippen molar-refractivity contribution >= 4 is 19.8 Å². The van der Waals surface area contributed by atoms with Gasteiger partial charge in [-0.25, -0.2) is 4.57 Å². The molecule has 0 fully saturated rings. The molecule has 1 N–H and O–H groups in total. The predicted octanol–water partition coefficient (Wildman–Crippen LogP) is 11.9. The lowest BCUT2D eigenvalue weighted by atomic mass is 10.0. The van der Waals surface area contributed by atoms with Crippen LogP contribution in [0.15, 0.2) is 12.2 Å². The van der Waals surface area contributed by atoms with E-state index in [1.54, 1.807) is 0 Å². The van der Waals surface area contributed by atoms with Crippen LogP contribution in [0.4, 0.5) is 0 Å². The van der Waals surface area contributed by atoms with Crippen molar-refractivity contribution in [3.63, 3.8) is 0 Å². The van der Waals surface area contributed by atoms with Crippen LogP contribution in [0.3, 0.4) is 0 Å². The van der Waals surface area contributed by atoms with Crippen molar-refractivity contribution < 1.29 is 37.6 Å². The number of phosphoric ester groups is 1. The normalized spacial score (nSPS) is 13.5. The van der Waals surface area contributed by atoms with Crippen LogP contribution < -0.4 is 0 Å².